The fourth-order valence-corrected chi connectivity index (χ4v) is 5.24. The summed E-state index contributed by atoms with van der Waals surface area (Å²) in [5.74, 6) is -3.88. The van der Waals surface area contributed by atoms with Crippen LogP contribution in [0, 0.1) is 12.8 Å². The Balaban J connectivity index is 1.87. The molecule has 0 aromatic heterocycles. The number of Topliss-reactive ketones (excluding diaryl/α,β-unsaturated/α-hetero) is 1. The van der Waals surface area contributed by atoms with Crippen molar-refractivity contribution in [2.24, 2.45) is 5.92 Å². The molecule has 11 heteroatoms. The molecule has 0 radical (unpaired) electrons. The van der Waals surface area contributed by atoms with E-state index < -0.39 is 65.5 Å². The molecule has 0 unspecified atom stereocenters. The standard InChI is InChI=1S/C24H28O11/c1-8-4-5-13(26)21-24(8,33)20(30)19(29)23(35-21)34-14-7-11(22(31)32)6-12-16(14)18(28)15(10(3)25)9(2)17(12)27/h6-8,13,19-21,23,26-30,33H,4-5H2,1-3H3,(H,31,32)/t8-,13+,19+,20+,21+,23-,24+/m0/s1. The van der Waals surface area contributed by atoms with Gasteiger partial charge in [0.1, 0.15) is 41.2 Å². The summed E-state index contributed by atoms with van der Waals surface area (Å²) in [4.78, 5) is 23.9. The van der Waals surface area contributed by atoms with Crippen molar-refractivity contribution in [2.75, 3.05) is 0 Å². The van der Waals surface area contributed by atoms with Crippen LogP contribution in [0.15, 0.2) is 12.1 Å². The first kappa shape index (κ1) is 25.1. The van der Waals surface area contributed by atoms with Crippen LogP contribution < -0.4 is 4.74 Å². The lowest BCUT2D eigenvalue weighted by molar-refractivity contribution is -0.343. The van der Waals surface area contributed by atoms with Gasteiger partial charge < -0.3 is 45.2 Å². The van der Waals surface area contributed by atoms with Crippen molar-refractivity contribution in [2.45, 2.75) is 69.9 Å². The summed E-state index contributed by atoms with van der Waals surface area (Å²) in [5, 5.41) is 73.9. The number of fused-ring (bicyclic) bond motifs is 2. The summed E-state index contributed by atoms with van der Waals surface area (Å²) in [6.45, 7) is 4.21. The van der Waals surface area contributed by atoms with E-state index in [0.29, 0.717) is 6.42 Å². The predicted molar refractivity (Wildman–Crippen MR) is 120 cm³/mol. The number of hydrogen-bond donors (Lipinski definition) is 7. The van der Waals surface area contributed by atoms with E-state index in [-0.39, 0.29) is 39.6 Å². The number of aromatic hydroxyl groups is 2. The van der Waals surface area contributed by atoms with E-state index in [1.165, 1.54) is 13.8 Å². The van der Waals surface area contributed by atoms with Gasteiger partial charge in [-0.2, -0.15) is 0 Å². The molecule has 0 amide bonds. The third kappa shape index (κ3) is 3.71. The number of rotatable bonds is 4. The monoisotopic (exact) mass is 492 g/mol. The molecule has 2 aromatic carbocycles. The minimum Gasteiger partial charge on any atom is -0.507 e. The zero-order valence-corrected chi connectivity index (χ0v) is 19.3. The largest absolute Gasteiger partial charge is 0.507 e. The van der Waals surface area contributed by atoms with Gasteiger partial charge in [-0.1, -0.05) is 6.92 Å². The van der Waals surface area contributed by atoms with E-state index in [1.54, 1.807) is 6.92 Å². The van der Waals surface area contributed by atoms with Crippen molar-refractivity contribution in [3.8, 4) is 17.2 Å². The molecule has 1 aliphatic carbocycles. The van der Waals surface area contributed by atoms with Gasteiger partial charge in [0.25, 0.3) is 0 Å². The Hall–Kier alpha value is -2.96. The van der Waals surface area contributed by atoms with Crippen molar-refractivity contribution >= 4 is 22.5 Å². The number of phenolic OH excluding ortho intramolecular Hbond substituents is 2. The van der Waals surface area contributed by atoms with E-state index >= 15 is 0 Å². The summed E-state index contributed by atoms with van der Waals surface area (Å²) in [5.41, 5.74) is -2.49. The Labute approximate surface area is 199 Å². The summed E-state index contributed by atoms with van der Waals surface area (Å²) in [6, 6.07) is 2.10. The molecule has 35 heavy (non-hydrogen) atoms. The van der Waals surface area contributed by atoms with Crippen LogP contribution in [0.25, 0.3) is 10.8 Å². The Kier molecular flexibility index (Phi) is 6.18. The van der Waals surface area contributed by atoms with Gasteiger partial charge >= 0.3 is 5.97 Å². The number of hydrogen-bond acceptors (Lipinski definition) is 10. The van der Waals surface area contributed by atoms with Crippen molar-refractivity contribution in [1.82, 2.24) is 0 Å². The maximum Gasteiger partial charge on any atom is 0.335 e. The summed E-state index contributed by atoms with van der Waals surface area (Å²) < 4.78 is 11.4. The second-order valence-corrected chi connectivity index (χ2v) is 9.37. The van der Waals surface area contributed by atoms with Crippen LogP contribution in [0.3, 0.4) is 0 Å². The van der Waals surface area contributed by atoms with Crippen LogP contribution in [-0.2, 0) is 4.74 Å². The molecule has 2 aliphatic rings. The molecule has 2 fully saturated rings. The van der Waals surface area contributed by atoms with Gasteiger partial charge in [0.05, 0.1) is 22.6 Å². The molecule has 0 bridgehead atoms. The molecular formula is C24H28O11. The molecule has 4 rings (SSSR count). The molecule has 1 saturated carbocycles. The first-order chi connectivity index (χ1) is 16.3. The maximum atomic E-state index is 12.2. The normalized spacial score (nSPS) is 32.8. The van der Waals surface area contributed by atoms with Crippen LogP contribution in [0.5, 0.6) is 17.2 Å². The molecule has 1 heterocycles. The Bertz CT molecular complexity index is 1210. The highest BCUT2D eigenvalue weighted by Crippen LogP contribution is 2.47. The number of aliphatic hydroxyl groups excluding tert-OH is 3. The lowest BCUT2D eigenvalue weighted by Gasteiger charge is -2.54. The van der Waals surface area contributed by atoms with Gasteiger partial charge in [-0.05, 0) is 44.7 Å². The fourth-order valence-electron chi connectivity index (χ4n) is 5.24. The highest BCUT2D eigenvalue weighted by molar-refractivity contribution is 6.11. The van der Waals surface area contributed by atoms with Gasteiger partial charge in [-0.3, -0.25) is 4.79 Å². The number of ether oxygens (including phenoxy) is 2. The lowest BCUT2D eigenvalue weighted by Crippen LogP contribution is -2.73. The van der Waals surface area contributed by atoms with E-state index in [0.717, 1.165) is 12.1 Å². The third-order valence-electron chi connectivity index (χ3n) is 7.25. The predicted octanol–water partition coefficient (Wildman–Crippen LogP) is 0.808. The molecule has 0 spiro atoms. The van der Waals surface area contributed by atoms with E-state index in [1.807, 2.05) is 0 Å². The maximum absolute atomic E-state index is 12.2. The first-order valence-corrected chi connectivity index (χ1v) is 11.2. The third-order valence-corrected chi connectivity index (χ3v) is 7.25. The average Bonchev–Trinajstić information content (AvgIpc) is 2.79. The highest BCUT2D eigenvalue weighted by Gasteiger charge is 2.61. The van der Waals surface area contributed by atoms with Crippen molar-refractivity contribution in [3.05, 3.63) is 28.8 Å². The van der Waals surface area contributed by atoms with Crippen LogP contribution in [0.2, 0.25) is 0 Å². The topological polar surface area (TPSA) is 194 Å². The first-order valence-electron chi connectivity index (χ1n) is 11.2. The second-order valence-electron chi connectivity index (χ2n) is 9.37. The van der Waals surface area contributed by atoms with Crippen LogP contribution >= 0.6 is 0 Å². The fraction of sp³-hybridized carbons (Fsp3) is 0.500. The number of carboxylic acids is 1. The highest BCUT2D eigenvalue weighted by atomic mass is 16.7. The number of ketones is 1. The second kappa shape index (κ2) is 8.61. The molecule has 7 atom stereocenters. The van der Waals surface area contributed by atoms with E-state index in [9.17, 15) is 45.3 Å². The molecule has 1 aliphatic heterocycles. The molecule has 11 nitrogen and oxygen atoms in total. The van der Waals surface area contributed by atoms with Gasteiger partial charge in [-0.25, -0.2) is 4.79 Å². The lowest BCUT2D eigenvalue weighted by atomic mass is 9.67. The number of aliphatic hydroxyl groups is 4. The zero-order chi connectivity index (χ0) is 26.0. The van der Waals surface area contributed by atoms with E-state index in [4.69, 9.17) is 9.47 Å². The van der Waals surface area contributed by atoms with E-state index in [2.05, 4.69) is 0 Å². The number of carbonyl (C=O) groups excluding carboxylic acids is 1. The summed E-state index contributed by atoms with van der Waals surface area (Å²) >= 11 is 0. The quantitative estimate of drug-likeness (QED) is 0.236. The number of benzene rings is 2. The van der Waals surface area contributed by atoms with Gasteiger partial charge in [0.2, 0.25) is 6.29 Å². The van der Waals surface area contributed by atoms with Crippen molar-refractivity contribution < 1.29 is 54.8 Å². The van der Waals surface area contributed by atoms with Crippen LogP contribution in [0.1, 0.15) is 53.0 Å². The molecule has 190 valence electrons. The number of phenols is 2. The number of carboxylic acid groups (broad SMARTS) is 1. The van der Waals surface area contributed by atoms with Crippen molar-refractivity contribution in [1.29, 1.82) is 0 Å². The molecule has 1 saturated heterocycles. The van der Waals surface area contributed by atoms with Gasteiger partial charge in [0, 0.05) is 10.9 Å². The smallest absolute Gasteiger partial charge is 0.335 e. The average molecular weight is 492 g/mol. The number of carbonyl (C=O) groups is 2. The molecule has 2 aromatic rings. The molecular weight excluding hydrogens is 464 g/mol. The van der Waals surface area contributed by atoms with Crippen LogP contribution in [0.4, 0.5) is 0 Å². The SMILES string of the molecule is CC(=O)c1c(C)c(O)c2cc(C(=O)O)cc(O[C@H]3O[C@@H]4[C@H](O)CC[C@H](C)[C@@]4(O)[C@H](O)[C@H]3O)c2c1O. The van der Waals surface area contributed by atoms with Gasteiger partial charge in [0.15, 0.2) is 5.78 Å². The summed E-state index contributed by atoms with van der Waals surface area (Å²) in [6.07, 6.45) is -7.21. The zero-order valence-electron chi connectivity index (χ0n) is 19.3. The minimum absolute atomic E-state index is 0.0322. The minimum atomic E-state index is -1.97. The molecule has 7 N–H and O–H groups in total. The summed E-state index contributed by atoms with van der Waals surface area (Å²) in [7, 11) is 0. The van der Waals surface area contributed by atoms with Crippen molar-refractivity contribution in [3.63, 3.8) is 0 Å². The Morgan fingerprint density at radius 2 is 1.77 bits per heavy atom. The Morgan fingerprint density at radius 3 is 2.37 bits per heavy atom. The Morgan fingerprint density at radius 1 is 1.11 bits per heavy atom. The van der Waals surface area contributed by atoms with Gasteiger partial charge in [-0.15, -0.1) is 0 Å². The number of aromatic carboxylic acids is 1. The van der Waals surface area contributed by atoms with Crippen LogP contribution in [-0.4, -0.2) is 83.8 Å².